The van der Waals surface area contributed by atoms with Gasteiger partial charge in [0, 0.05) is 0 Å². The van der Waals surface area contributed by atoms with E-state index in [0.717, 1.165) is 11.8 Å². The summed E-state index contributed by atoms with van der Waals surface area (Å²) >= 11 is 1.01. The second kappa shape index (κ2) is 4.58. The Hall–Kier alpha value is -1.82. The van der Waals surface area contributed by atoms with Gasteiger partial charge in [-0.15, -0.1) is 0 Å². The number of carboxylic acid groups (broad SMARTS) is 1. The number of rotatable bonds is 3. The molecule has 0 bridgehead atoms. The fourth-order valence-corrected chi connectivity index (χ4v) is 2.08. The maximum atomic E-state index is 11.7. The molecule has 0 spiro atoms. The van der Waals surface area contributed by atoms with Crippen LogP contribution in [0.2, 0.25) is 0 Å². The van der Waals surface area contributed by atoms with Gasteiger partial charge in [0.15, 0.2) is 5.16 Å². The molecule has 88 valence electrons. The maximum absolute atomic E-state index is 11.7. The number of thioether (sulfide) groups is 1. The molecule has 1 aromatic carbocycles. The number of hydrogen-bond donors (Lipinski definition) is 2. The van der Waals surface area contributed by atoms with E-state index in [1.807, 2.05) is 0 Å². The van der Waals surface area contributed by atoms with Gasteiger partial charge in [-0.2, -0.15) is 0 Å². The summed E-state index contributed by atoms with van der Waals surface area (Å²) in [5, 5.41) is 8.95. The smallest absolute Gasteiger partial charge is 0.316 e. The van der Waals surface area contributed by atoms with Crippen LogP contribution in [0.1, 0.15) is 6.92 Å². The van der Waals surface area contributed by atoms with Crippen molar-refractivity contribution in [3.05, 3.63) is 34.6 Å². The van der Waals surface area contributed by atoms with E-state index in [1.165, 1.54) is 0 Å². The molecule has 0 saturated carbocycles. The number of hydrogen-bond acceptors (Lipinski definition) is 4. The molecule has 1 atom stereocenters. The maximum Gasteiger partial charge on any atom is 0.316 e. The number of aromatic amines is 1. The van der Waals surface area contributed by atoms with Crippen molar-refractivity contribution in [2.45, 2.75) is 17.3 Å². The molecular formula is C11H10N2O3S. The van der Waals surface area contributed by atoms with Crippen molar-refractivity contribution in [1.82, 2.24) is 9.97 Å². The highest BCUT2D eigenvalue weighted by molar-refractivity contribution is 8.00. The molecule has 0 saturated heterocycles. The highest BCUT2D eigenvalue weighted by Gasteiger charge is 2.14. The highest BCUT2D eigenvalue weighted by atomic mass is 32.2. The van der Waals surface area contributed by atoms with E-state index in [2.05, 4.69) is 9.97 Å². The Balaban J connectivity index is 2.44. The summed E-state index contributed by atoms with van der Waals surface area (Å²) in [4.78, 5) is 29.2. The van der Waals surface area contributed by atoms with Gasteiger partial charge in [0.1, 0.15) is 5.25 Å². The van der Waals surface area contributed by atoms with Gasteiger partial charge in [-0.1, -0.05) is 23.9 Å². The number of benzene rings is 1. The van der Waals surface area contributed by atoms with Crippen molar-refractivity contribution in [1.29, 1.82) is 0 Å². The van der Waals surface area contributed by atoms with Gasteiger partial charge in [-0.05, 0) is 19.1 Å². The van der Waals surface area contributed by atoms with Gasteiger partial charge < -0.3 is 10.1 Å². The zero-order valence-electron chi connectivity index (χ0n) is 9.01. The summed E-state index contributed by atoms with van der Waals surface area (Å²) in [7, 11) is 0. The lowest BCUT2D eigenvalue weighted by atomic mass is 10.2. The minimum absolute atomic E-state index is 0.254. The van der Waals surface area contributed by atoms with E-state index in [-0.39, 0.29) is 5.56 Å². The number of aromatic nitrogens is 2. The number of carbonyl (C=O) groups is 1. The fraction of sp³-hybridized carbons (Fsp3) is 0.182. The molecule has 2 N–H and O–H groups in total. The third-order valence-electron chi connectivity index (χ3n) is 2.23. The first-order valence-electron chi connectivity index (χ1n) is 4.96. The largest absolute Gasteiger partial charge is 0.480 e. The average molecular weight is 250 g/mol. The lowest BCUT2D eigenvalue weighted by Gasteiger charge is -2.05. The van der Waals surface area contributed by atoms with Crippen LogP contribution in [0.3, 0.4) is 0 Å². The van der Waals surface area contributed by atoms with E-state index in [1.54, 1.807) is 31.2 Å². The zero-order chi connectivity index (χ0) is 12.4. The topological polar surface area (TPSA) is 83.0 Å². The molecule has 0 radical (unpaired) electrons. The minimum Gasteiger partial charge on any atom is -0.480 e. The predicted molar refractivity (Wildman–Crippen MR) is 65.3 cm³/mol. The summed E-state index contributed by atoms with van der Waals surface area (Å²) in [5.74, 6) is -0.939. The van der Waals surface area contributed by atoms with Crippen LogP contribution in [0, 0.1) is 0 Å². The fourth-order valence-electron chi connectivity index (χ4n) is 1.34. The number of nitrogens with zero attached hydrogens (tertiary/aromatic N) is 1. The molecule has 1 heterocycles. The molecule has 0 aliphatic heterocycles. The number of H-pyrrole nitrogens is 1. The van der Waals surface area contributed by atoms with Crippen molar-refractivity contribution < 1.29 is 9.90 Å². The second-order valence-corrected chi connectivity index (χ2v) is 4.82. The molecule has 0 fully saturated rings. The molecule has 0 aliphatic rings. The third-order valence-corrected chi connectivity index (χ3v) is 3.20. The Morgan fingerprint density at radius 1 is 1.47 bits per heavy atom. The molecule has 17 heavy (non-hydrogen) atoms. The van der Waals surface area contributed by atoms with Crippen molar-refractivity contribution in [3.63, 3.8) is 0 Å². The number of carboxylic acids is 1. The molecule has 1 aromatic heterocycles. The molecule has 0 amide bonds. The molecule has 6 heteroatoms. The van der Waals surface area contributed by atoms with E-state index in [9.17, 15) is 9.59 Å². The van der Waals surface area contributed by atoms with Gasteiger partial charge in [0.2, 0.25) is 0 Å². The SMILES string of the molecule is C[C@@H](Sc1nc2ccccc2c(=O)[nH]1)C(=O)O. The number of para-hydroxylation sites is 1. The number of nitrogens with one attached hydrogen (secondary N) is 1. The first-order valence-corrected chi connectivity index (χ1v) is 5.84. The summed E-state index contributed by atoms with van der Waals surface area (Å²) in [6.45, 7) is 1.54. The molecule has 2 aromatic rings. The Bertz CT molecular complexity index is 623. The van der Waals surface area contributed by atoms with Crippen LogP contribution in [0.5, 0.6) is 0 Å². The molecular weight excluding hydrogens is 240 g/mol. The monoisotopic (exact) mass is 250 g/mol. The van der Waals surface area contributed by atoms with E-state index in [4.69, 9.17) is 5.11 Å². The normalized spacial score (nSPS) is 12.5. The summed E-state index contributed by atoms with van der Waals surface area (Å²) in [6.07, 6.45) is 0. The van der Waals surface area contributed by atoms with Gasteiger partial charge in [-0.3, -0.25) is 9.59 Å². The summed E-state index contributed by atoms with van der Waals surface area (Å²) < 4.78 is 0. The average Bonchev–Trinajstić information content (AvgIpc) is 2.29. The third kappa shape index (κ3) is 2.47. The standard InChI is InChI=1S/C11H10N2O3S/c1-6(10(15)16)17-11-12-8-5-3-2-4-7(8)9(14)13-11/h2-6H,1H3,(H,15,16)(H,12,13,14)/t6-/m1/s1. The zero-order valence-corrected chi connectivity index (χ0v) is 9.82. The first kappa shape index (κ1) is 11.7. The van der Waals surface area contributed by atoms with Crippen LogP contribution in [-0.2, 0) is 4.79 Å². The van der Waals surface area contributed by atoms with Gasteiger partial charge in [0.05, 0.1) is 10.9 Å². The number of fused-ring (bicyclic) bond motifs is 1. The van der Waals surface area contributed by atoms with Crippen LogP contribution < -0.4 is 5.56 Å². The Morgan fingerprint density at radius 2 is 2.18 bits per heavy atom. The quantitative estimate of drug-likeness (QED) is 0.637. The summed E-state index contributed by atoms with van der Waals surface area (Å²) in [5.41, 5.74) is 0.312. The van der Waals surface area contributed by atoms with Crippen LogP contribution in [0.25, 0.3) is 10.9 Å². The van der Waals surface area contributed by atoms with Gasteiger partial charge >= 0.3 is 5.97 Å². The van der Waals surface area contributed by atoms with E-state index in [0.29, 0.717) is 16.1 Å². The lowest BCUT2D eigenvalue weighted by molar-refractivity contribution is -0.136. The van der Waals surface area contributed by atoms with Crippen molar-refractivity contribution in [2.75, 3.05) is 0 Å². The number of aliphatic carboxylic acids is 1. The molecule has 0 aliphatic carbocycles. The first-order chi connectivity index (χ1) is 8.08. The van der Waals surface area contributed by atoms with Crippen molar-refractivity contribution in [3.8, 4) is 0 Å². The van der Waals surface area contributed by atoms with Crippen LogP contribution >= 0.6 is 11.8 Å². The van der Waals surface area contributed by atoms with E-state index >= 15 is 0 Å². The molecule has 2 rings (SSSR count). The molecule has 5 nitrogen and oxygen atoms in total. The van der Waals surface area contributed by atoms with Crippen molar-refractivity contribution >= 4 is 28.6 Å². The predicted octanol–water partition coefficient (Wildman–Crippen LogP) is 1.49. The van der Waals surface area contributed by atoms with Gasteiger partial charge in [0.25, 0.3) is 5.56 Å². The Morgan fingerprint density at radius 3 is 2.88 bits per heavy atom. The highest BCUT2D eigenvalue weighted by Crippen LogP contribution is 2.19. The second-order valence-electron chi connectivity index (χ2n) is 3.49. The lowest BCUT2D eigenvalue weighted by Crippen LogP contribution is -2.15. The van der Waals surface area contributed by atoms with Crippen LogP contribution in [-0.4, -0.2) is 26.3 Å². The Labute approximate surface area is 101 Å². The minimum atomic E-state index is -0.939. The van der Waals surface area contributed by atoms with Gasteiger partial charge in [-0.25, -0.2) is 4.98 Å². The van der Waals surface area contributed by atoms with Crippen LogP contribution in [0.15, 0.2) is 34.2 Å². The Kier molecular flexibility index (Phi) is 3.14. The van der Waals surface area contributed by atoms with Crippen molar-refractivity contribution in [2.24, 2.45) is 0 Å². The van der Waals surface area contributed by atoms with E-state index < -0.39 is 11.2 Å². The summed E-state index contributed by atoms with van der Waals surface area (Å²) in [6, 6.07) is 6.94. The van der Waals surface area contributed by atoms with Crippen LogP contribution in [0.4, 0.5) is 0 Å². The molecule has 0 unspecified atom stereocenters.